The SMILES string of the molecule is CCc1nn(C(C)c2oc(=O)c3ccccc3c2C2=CCCN(C)C2)c2ncnc(N)c12. The normalized spacial score (nSPS) is 15.9. The molecule has 1 aliphatic rings. The van der Waals surface area contributed by atoms with Crippen LogP contribution in [0.1, 0.15) is 43.3 Å². The van der Waals surface area contributed by atoms with Gasteiger partial charge in [-0.05, 0) is 43.8 Å². The molecule has 32 heavy (non-hydrogen) atoms. The first kappa shape index (κ1) is 20.4. The Kier molecular flexibility index (Phi) is 5.01. The van der Waals surface area contributed by atoms with Gasteiger partial charge in [-0.15, -0.1) is 0 Å². The third-order valence-corrected chi connectivity index (χ3v) is 6.20. The van der Waals surface area contributed by atoms with E-state index in [9.17, 15) is 4.79 Å². The van der Waals surface area contributed by atoms with Gasteiger partial charge >= 0.3 is 5.63 Å². The summed E-state index contributed by atoms with van der Waals surface area (Å²) in [6.45, 7) is 5.79. The number of likely N-dealkylation sites (N-methyl/N-ethyl adjacent to an activating group) is 1. The van der Waals surface area contributed by atoms with Crippen LogP contribution in [0.15, 0.2) is 45.9 Å². The summed E-state index contributed by atoms with van der Waals surface area (Å²) in [6.07, 6.45) is 5.33. The zero-order chi connectivity index (χ0) is 22.4. The molecule has 8 heteroatoms. The molecule has 1 aliphatic heterocycles. The van der Waals surface area contributed by atoms with E-state index in [-0.39, 0.29) is 11.7 Å². The van der Waals surface area contributed by atoms with Crippen molar-refractivity contribution in [1.82, 2.24) is 24.6 Å². The van der Waals surface area contributed by atoms with Gasteiger partial charge in [-0.3, -0.25) is 0 Å². The summed E-state index contributed by atoms with van der Waals surface area (Å²) in [5.41, 5.74) is 9.38. The van der Waals surface area contributed by atoms with Crippen molar-refractivity contribution in [2.45, 2.75) is 32.7 Å². The first-order chi connectivity index (χ1) is 15.5. The number of hydrogen-bond acceptors (Lipinski definition) is 7. The topological polar surface area (TPSA) is 103 Å². The largest absolute Gasteiger partial charge is 0.424 e. The van der Waals surface area contributed by atoms with Crippen molar-refractivity contribution in [3.63, 3.8) is 0 Å². The minimum Gasteiger partial charge on any atom is -0.424 e. The quantitative estimate of drug-likeness (QED) is 0.529. The predicted octanol–water partition coefficient (Wildman–Crippen LogP) is 3.41. The van der Waals surface area contributed by atoms with Crippen molar-refractivity contribution in [2.75, 3.05) is 25.9 Å². The first-order valence-electron chi connectivity index (χ1n) is 10.9. The Balaban J connectivity index is 1.79. The molecule has 0 aliphatic carbocycles. The number of benzene rings is 1. The molecule has 4 heterocycles. The molecule has 2 N–H and O–H groups in total. The average molecular weight is 431 g/mol. The summed E-state index contributed by atoms with van der Waals surface area (Å²) in [7, 11) is 2.10. The predicted molar refractivity (Wildman–Crippen MR) is 126 cm³/mol. The molecule has 0 radical (unpaired) electrons. The van der Waals surface area contributed by atoms with Gasteiger partial charge in [0.05, 0.1) is 16.5 Å². The van der Waals surface area contributed by atoms with Crippen LogP contribution < -0.4 is 11.4 Å². The van der Waals surface area contributed by atoms with Crippen LogP contribution in [0.5, 0.6) is 0 Å². The zero-order valence-electron chi connectivity index (χ0n) is 18.5. The molecule has 1 atom stereocenters. The van der Waals surface area contributed by atoms with E-state index in [2.05, 4.69) is 28.0 Å². The van der Waals surface area contributed by atoms with Crippen molar-refractivity contribution >= 4 is 33.2 Å². The molecule has 5 rings (SSSR count). The molecular weight excluding hydrogens is 404 g/mol. The number of hydrogen-bond donors (Lipinski definition) is 1. The summed E-state index contributed by atoms with van der Waals surface area (Å²) < 4.78 is 7.80. The Labute approximate surface area is 185 Å². The zero-order valence-corrected chi connectivity index (χ0v) is 18.5. The van der Waals surface area contributed by atoms with Crippen LogP contribution in [0.3, 0.4) is 0 Å². The Morgan fingerprint density at radius 1 is 1.22 bits per heavy atom. The summed E-state index contributed by atoms with van der Waals surface area (Å²) in [5, 5.41) is 7.03. The van der Waals surface area contributed by atoms with E-state index in [0.29, 0.717) is 29.0 Å². The maximum atomic E-state index is 12.9. The van der Waals surface area contributed by atoms with E-state index >= 15 is 0 Å². The highest BCUT2D eigenvalue weighted by atomic mass is 16.4. The van der Waals surface area contributed by atoms with Gasteiger partial charge in [0, 0.05) is 18.7 Å². The second-order valence-electron chi connectivity index (χ2n) is 8.31. The van der Waals surface area contributed by atoms with Crippen molar-refractivity contribution in [3.8, 4) is 0 Å². The highest BCUT2D eigenvalue weighted by molar-refractivity contribution is 5.94. The maximum Gasteiger partial charge on any atom is 0.343 e. The third-order valence-electron chi connectivity index (χ3n) is 6.20. The van der Waals surface area contributed by atoms with Crippen LogP contribution in [0.2, 0.25) is 0 Å². The fourth-order valence-electron chi connectivity index (χ4n) is 4.61. The van der Waals surface area contributed by atoms with Crippen LogP contribution >= 0.6 is 0 Å². The lowest BCUT2D eigenvalue weighted by Gasteiger charge is -2.26. The van der Waals surface area contributed by atoms with Crippen LogP contribution in [0.25, 0.3) is 27.4 Å². The highest BCUT2D eigenvalue weighted by Gasteiger charge is 2.27. The Morgan fingerprint density at radius 2 is 2.00 bits per heavy atom. The fourth-order valence-corrected chi connectivity index (χ4v) is 4.61. The average Bonchev–Trinajstić information content (AvgIpc) is 3.19. The second-order valence-corrected chi connectivity index (χ2v) is 8.31. The first-order valence-corrected chi connectivity index (χ1v) is 10.9. The van der Waals surface area contributed by atoms with E-state index in [1.54, 1.807) is 4.68 Å². The second kappa shape index (κ2) is 7.87. The number of fused-ring (bicyclic) bond motifs is 2. The number of aryl methyl sites for hydroxylation is 1. The minimum atomic E-state index is -0.368. The Hall–Kier alpha value is -3.52. The Morgan fingerprint density at radius 3 is 2.75 bits per heavy atom. The molecule has 0 bridgehead atoms. The molecule has 0 saturated heterocycles. The van der Waals surface area contributed by atoms with Crippen LogP contribution in [0.4, 0.5) is 5.82 Å². The lowest BCUT2D eigenvalue weighted by molar-refractivity contribution is 0.369. The number of nitrogens with zero attached hydrogens (tertiary/aromatic N) is 5. The molecule has 1 aromatic carbocycles. The van der Waals surface area contributed by atoms with E-state index in [0.717, 1.165) is 47.1 Å². The van der Waals surface area contributed by atoms with Crippen molar-refractivity contribution in [2.24, 2.45) is 0 Å². The van der Waals surface area contributed by atoms with Crippen molar-refractivity contribution < 1.29 is 4.42 Å². The summed E-state index contributed by atoms with van der Waals surface area (Å²) >= 11 is 0. The lowest BCUT2D eigenvalue weighted by Crippen LogP contribution is -2.26. The molecule has 3 aromatic heterocycles. The van der Waals surface area contributed by atoms with Gasteiger partial charge in [-0.25, -0.2) is 19.4 Å². The summed E-state index contributed by atoms with van der Waals surface area (Å²) in [5.74, 6) is 0.988. The van der Waals surface area contributed by atoms with Crippen molar-refractivity contribution in [1.29, 1.82) is 0 Å². The summed E-state index contributed by atoms with van der Waals surface area (Å²) in [6, 6.07) is 7.26. The number of aromatic nitrogens is 4. The highest BCUT2D eigenvalue weighted by Crippen LogP contribution is 2.35. The maximum absolute atomic E-state index is 12.9. The molecule has 8 nitrogen and oxygen atoms in total. The van der Waals surface area contributed by atoms with Crippen molar-refractivity contribution in [3.05, 3.63) is 64.1 Å². The van der Waals surface area contributed by atoms with E-state index in [1.165, 1.54) is 6.33 Å². The molecule has 0 spiro atoms. The van der Waals surface area contributed by atoms with Gasteiger partial charge in [-0.2, -0.15) is 5.10 Å². The van der Waals surface area contributed by atoms with E-state index < -0.39 is 0 Å². The van der Waals surface area contributed by atoms with Gasteiger partial charge in [0.25, 0.3) is 0 Å². The fraction of sp³-hybridized carbons (Fsp3) is 0.333. The van der Waals surface area contributed by atoms with E-state index in [4.69, 9.17) is 15.2 Å². The van der Waals surface area contributed by atoms with Gasteiger partial charge < -0.3 is 15.1 Å². The monoisotopic (exact) mass is 430 g/mol. The standard InChI is InChI=1S/C24H26N6O2/c1-4-18-20-22(25)26-13-27-23(20)30(28-18)14(2)21-19(15-8-7-11-29(3)12-15)16-9-5-6-10-17(16)24(31)32-21/h5-6,8-10,13-14H,4,7,11-12H2,1-3H3,(H2,25,26,27). The molecule has 4 aromatic rings. The van der Waals surface area contributed by atoms with E-state index in [1.807, 2.05) is 38.1 Å². The number of anilines is 1. The van der Waals surface area contributed by atoms with Gasteiger partial charge in [0.2, 0.25) is 0 Å². The number of rotatable bonds is 4. The van der Waals surface area contributed by atoms with Crippen LogP contribution in [-0.4, -0.2) is 44.8 Å². The Bertz CT molecular complexity index is 1420. The van der Waals surface area contributed by atoms with Gasteiger partial charge in [-0.1, -0.05) is 31.2 Å². The van der Waals surface area contributed by atoms with Gasteiger partial charge in [0.1, 0.15) is 23.9 Å². The van der Waals surface area contributed by atoms with Gasteiger partial charge in [0.15, 0.2) is 5.65 Å². The molecule has 164 valence electrons. The van der Waals surface area contributed by atoms with Crippen LogP contribution in [-0.2, 0) is 6.42 Å². The minimum absolute atomic E-state index is 0.350. The molecular formula is C24H26N6O2. The lowest BCUT2D eigenvalue weighted by atomic mass is 9.93. The summed E-state index contributed by atoms with van der Waals surface area (Å²) in [4.78, 5) is 23.8. The molecule has 0 saturated carbocycles. The molecule has 0 fully saturated rings. The molecule has 1 unspecified atom stereocenters. The smallest absolute Gasteiger partial charge is 0.343 e. The number of nitrogen functional groups attached to an aromatic ring is 1. The third kappa shape index (κ3) is 3.18. The van der Waals surface area contributed by atoms with Crippen LogP contribution in [0, 0.1) is 0 Å². The number of nitrogens with two attached hydrogens (primary N) is 1. The molecule has 0 amide bonds.